The summed E-state index contributed by atoms with van der Waals surface area (Å²) < 4.78 is 0. The molecule has 1 unspecified atom stereocenters. The monoisotopic (exact) mass is 320 g/mol. The van der Waals surface area contributed by atoms with Gasteiger partial charge in [0.25, 0.3) is 0 Å². The molecule has 1 heterocycles. The minimum Gasteiger partial charge on any atom is -0.334 e. The van der Waals surface area contributed by atoms with Crippen molar-refractivity contribution in [2.45, 2.75) is 13.0 Å². The summed E-state index contributed by atoms with van der Waals surface area (Å²) in [7, 11) is 0. The number of benzene rings is 2. The van der Waals surface area contributed by atoms with Gasteiger partial charge in [0.15, 0.2) is 11.0 Å². The Morgan fingerprint density at radius 1 is 1.04 bits per heavy atom. The third-order valence-corrected chi connectivity index (χ3v) is 4.89. The van der Waals surface area contributed by atoms with Gasteiger partial charge in [-0.2, -0.15) is 0 Å². The maximum atomic E-state index is 12.9. The second kappa shape index (κ2) is 5.39. The van der Waals surface area contributed by atoms with Crippen molar-refractivity contribution >= 4 is 28.4 Å². The van der Waals surface area contributed by atoms with Crippen molar-refractivity contribution in [2.75, 3.05) is 6.26 Å². The van der Waals surface area contributed by atoms with Gasteiger partial charge in [-0.15, -0.1) is 0 Å². The molecule has 0 spiro atoms. The molecule has 0 saturated heterocycles. The molecule has 4 heteroatoms. The van der Waals surface area contributed by atoms with Crippen LogP contribution in [0.4, 0.5) is 0 Å². The Morgan fingerprint density at radius 2 is 1.74 bits per heavy atom. The lowest BCUT2D eigenvalue weighted by Crippen LogP contribution is -2.26. The van der Waals surface area contributed by atoms with Crippen LogP contribution < -0.4 is 5.32 Å². The second-order valence-corrected chi connectivity index (χ2v) is 6.53. The zero-order chi connectivity index (χ0) is 16.0. The molecule has 2 aromatic carbocycles. The average molecular weight is 320 g/mol. The minimum absolute atomic E-state index is 0.0811. The van der Waals surface area contributed by atoms with Crippen molar-refractivity contribution in [3.05, 3.63) is 76.4 Å². The van der Waals surface area contributed by atoms with Crippen LogP contribution in [0, 0.1) is 6.92 Å². The first-order valence-corrected chi connectivity index (χ1v) is 8.75. The number of thioether (sulfide) groups is 1. The molecule has 0 saturated carbocycles. The van der Waals surface area contributed by atoms with Gasteiger partial charge in [-0.1, -0.05) is 65.9 Å². The number of hydrogen-bond donors (Lipinski definition) is 1. The number of ketones is 1. The smallest absolute Gasteiger partial charge is 0.194 e. The lowest BCUT2D eigenvalue weighted by molar-refractivity contribution is 0.103. The summed E-state index contributed by atoms with van der Waals surface area (Å²) in [5, 5.41) is 4.18. The van der Waals surface area contributed by atoms with Crippen LogP contribution in [0.2, 0.25) is 0 Å². The maximum absolute atomic E-state index is 12.9. The number of Topliss-reactive ketones (excluding diaryl/α,β-unsaturated/α-hetero) is 1. The fraction of sp³-hybridized carbons (Fsp3) is 0.158. The van der Waals surface area contributed by atoms with Gasteiger partial charge in [-0.3, -0.25) is 4.79 Å². The summed E-state index contributed by atoms with van der Waals surface area (Å²) in [4.78, 5) is 17.7. The quantitative estimate of drug-likeness (QED) is 0.864. The number of amidine groups is 1. The molecular weight excluding hydrogens is 304 g/mol. The largest absolute Gasteiger partial charge is 0.334 e. The Hall–Kier alpha value is -2.33. The molecule has 2 aliphatic rings. The fourth-order valence-electron chi connectivity index (χ4n) is 3.11. The molecule has 0 amide bonds. The number of aryl methyl sites for hydroxylation is 1. The van der Waals surface area contributed by atoms with Gasteiger partial charge >= 0.3 is 0 Å². The van der Waals surface area contributed by atoms with E-state index in [9.17, 15) is 4.79 Å². The van der Waals surface area contributed by atoms with Gasteiger partial charge in [0.2, 0.25) is 0 Å². The summed E-state index contributed by atoms with van der Waals surface area (Å²) in [6, 6.07) is 15.8. The van der Waals surface area contributed by atoms with Gasteiger partial charge in [0.05, 0.1) is 11.3 Å². The zero-order valence-corrected chi connectivity index (χ0v) is 13.8. The van der Waals surface area contributed by atoms with Crippen molar-refractivity contribution in [2.24, 2.45) is 4.99 Å². The number of carbonyl (C=O) groups excluding carboxylic acids is 1. The fourth-order valence-corrected chi connectivity index (χ4v) is 3.53. The highest BCUT2D eigenvalue weighted by atomic mass is 32.2. The van der Waals surface area contributed by atoms with Crippen molar-refractivity contribution < 1.29 is 4.79 Å². The average Bonchev–Trinajstić information content (AvgIpc) is 2.88. The third kappa shape index (κ3) is 2.21. The van der Waals surface area contributed by atoms with E-state index in [0.717, 1.165) is 33.1 Å². The normalized spacial score (nSPS) is 19.1. The number of nitrogens with one attached hydrogen (secondary N) is 1. The van der Waals surface area contributed by atoms with Gasteiger partial charge < -0.3 is 5.32 Å². The van der Waals surface area contributed by atoms with Crippen LogP contribution in [0.1, 0.15) is 33.1 Å². The van der Waals surface area contributed by atoms with Gasteiger partial charge in [-0.05, 0) is 18.7 Å². The molecule has 0 radical (unpaired) electrons. The molecule has 3 nitrogen and oxygen atoms in total. The van der Waals surface area contributed by atoms with Crippen LogP contribution >= 0.6 is 11.8 Å². The van der Waals surface area contributed by atoms with Gasteiger partial charge in [0, 0.05) is 11.1 Å². The van der Waals surface area contributed by atoms with Crippen molar-refractivity contribution in [1.82, 2.24) is 5.32 Å². The van der Waals surface area contributed by atoms with Gasteiger partial charge in [-0.25, -0.2) is 4.99 Å². The standard InChI is InChI=1S/C19H16N2OS/c1-11-7-9-12(10-8-11)16-15-17(21-19(20-16)23-2)13-5-3-4-6-14(13)18(15)22/h3-10,16H,1-2H3,(H,20,21). The topological polar surface area (TPSA) is 41.5 Å². The number of nitrogens with zero attached hydrogens (tertiary/aromatic N) is 1. The molecule has 114 valence electrons. The van der Waals surface area contributed by atoms with Gasteiger partial charge in [0.1, 0.15) is 6.04 Å². The molecule has 0 aromatic heterocycles. The lowest BCUT2D eigenvalue weighted by atomic mass is 9.95. The minimum atomic E-state index is -0.241. The number of carbonyl (C=O) groups is 1. The third-order valence-electron chi connectivity index (χ3n) is 4.29. The summed E-state index contributed by atoms with van der Waals surface area (Å²) in [5.41, 5.74) is 5.67. The van der Waals surface area contributed by atoms with E-state index in [1.54, 1.807) is 11.8 Å². The first-order valence-electron chi connectivity index (χ1n) is 7.52. The highest BCUT2D eigenvalue weighted by Crippen LogP contribution is 2.42. The van der Waals surface area contributed by atoms with Crippen LogP contribution in [-0.4, -0.2) is 17.2 Å². The van der Waals surface area contributed by atoms with Crippen LogP contribution in [0.25, 0.3) is 5.70 Å². The van der Waals surface area contributed by atoms with E-state index in [4.69, 9.17) is 4.99 Å². The van der Waals surface area contributed by atoms with Crippen LogP contribution in [0.5, 0.6) is 0 Å². The molecule has 23 heavy (non-hydrogen) atoms. The Labute approximate surface area is 139 Å². The van der Waals surface area contributed by atoms with E-state index in [2.05, 4.69) is 36.5 Å². The molecule has 4 rings (SSSR count). The highest BCUT2D eigenvalue weighted by Gasteiger charge is 2.37. The highest BCUT2D eigenvalue weighted by molar-refractivity contribution is 8.13. The predicted octanol–water partition coefficient (Wildman–Crippen LogP) is 3.97. The Bertz CT molecular complexity index is 865. The maximum Gasteiger partial charge on any atom is 0.194 e. The Balaban J connectivity index is 1.88. The summed E-state index contributed by atoms with van der Waals surface area (Å²) in [6.45, 7) is 2.06. The number of rotatable bonds is 1. The Kier molecular flexibility index (Phi) is 3.34. The first kappa shape index (κ1) is 14.3. The van der Waals surface area contributed by atoms with E-state index in [0.29, 0.717) is 0 Å². The first-order chi connectivity index (χ1) is 11.2. The number of aliphatic imine (C=N–C) groups is 1. The zero-order valence-electron chi connectivity index (χ0n) is 13.0. The molecule has 0 fully saturated rings. The lowest BCUT2D eigenvalue weighted by Gasteiger charge is -2.23. The molecule has 1 atom stereocenters. The predicted molar refractivity (Wildman–Crippen MR) is 95.7 cm³/mol. The van der Waals surface area contributed by atoms with Crippen molar-refractivity contribution in [3.63, 3.8) is 0 Å². The molecule has 0 bridgehead atoms. The second-order valence-electron chi connectivity index (χ2n) is 5.74. The molecular formula is C19H16N2OS. The Morgan fingerprint density at radius 3 is 2.43 bits per heavy atom. The van der Waals surface area contributed by atoms with Crippen LogP contribution in [0.3, 0.4) is 0 Å². The molecule has 1 aliphatic carbocycles. The van der Waals surface area contributed by atoms with Crippen molar-refractivity contribution in [3.8, 4) is 0 Å². The van der Waals surface area contributed by atoms with Crippen LogP contribution in [0.15, 0.2) is 59.1 Å². The summed E-state index contributed by atoms with van der Waals surface area (Å²) in [5.74, 6) is 0.0811. The molecule has 1 N–H and O–H groups in total. The van der Waals surface area contributed by atoms with E-state index in [1.807, 2.05) is 30.5 Å². The summed E-state index contributed by atoms with van der Waals surface area (Å²) >= 11 is 1.57. The van der Waals surface area contributed by atoms with E-state index in [-0.39, 0.29) is 11.8 Å². The van der Waals surface area contributed by atoms with Crippen molar-refractivity contribution in [1.29, 1.82) is 0 Å². The SMILES string of the molecule is CSC1=NC(c2ccc(C)cc2)C2=C(N1)c1ccccc1C2=O. The number of fused-ring (bicyclic) bond motifs is 2. The van der Waals surface area contributed by atoms with E-state index >= 15 is 0 Å². The molecule has 1 aliphatic heterocycles. The van der Waals surface area contributed by atoms with E-state index in [1.165, 1.54) is 5.56 Å². The van der Waals surface area contributed by atoms with Crippen LogP contribution in [-0.2, 0) is 0 Å². The summed E-state index contributed by atoms with van der Waals surface area (Å²) in [6.07, 6.45) is 1.99. The van der Waals surface area contributed by atoms with E-state index < -0.39 is 0 Å². The number of hydrogen-bond acceptors (Lipinski definition) is 4. The molecule has 2 aromatic rings.